The highest BCUT2D eigenvalue weighted by molar-refractivity contribution is 5.86. The molecule has 1 fully saturated rings. The van der Waals surface area contributed by atoms with Crippen LogP contribution in [0.2, 0.25) is 0 Å². The first-order valence-electron chi connectivity index (χ1n) is 6.79. The lowest BCUT2D eigenvalue weighted by atomic mass is 9.82. The Kier molecular flexibility index (Phi) is 5.17. The highest BCUT2D eigenvalue weighted by atomic mass is 16.4. The quantitative estimate of drug-likeness (QED) is 0.674. The Balaban J connectivity index is 2.54. The second-order valence-electron chi connectivity index (χ2n) is 5.40. The lowest BCUT2D eigenvalue weighted by Crippen LogP contribution is -2.57. The first-order valence-corrected chi connectivity index (χ1v) is 6.79. The van der Waals surface area contributed by atoms with Crippen molar-refractivity contribution in [3.8, 4) is 0 Å². The number of carbonyl (C=O) groups excluding carboxylic acids is 1. The Morgan fingerprint density at radius 3 is 2.21 bits per heavy atom. The molecule has 0 aromatic rings. The van der Waals surface area contributed by atoms with E-state index in [4.69, 9.17) is 0 Å². The molecule has 6 nitrogen and oxygen atoms in total. The maximum atomic E-state index is 12.0. The summed E-state index contributed by atoms with van der Waals surface area (Å²) in [6, 6.07) is -0.368. The molecule has 19 heavy (non-hydrogen) atoms. The summed E-state index contributed by atoms with van der Waals surface area (Å²) in [7, 11) is 1.65. The van der Waals surface area contributed by atoms with Crippen LogP contribution in [-0.4, -0.2) is 52.3 Å². The van der Waals surface area contributed by atoms with Gasteiger partial charge in [0.05, 0.1) is 6.10 Å². The Bertz CT molecular complexity index is 336. The van der Waals surface area contributed by atoms with Crippen molar-refractivity contribution < 1.29 is 19.8 Å². The molecule has 1 rings (SSSR count). The lowest BCUT2D eigenvalue weighted by molar-refractivity contribution is -0.144. The number of aliphatic carboxylic acids is 1. The van der Waals surface area contributed by atoms with E-state index >= 15 is 0 Å². The molecule has 0 bridgehead atoms. The van der Waals surface area contributed by atoms with Gasteiger partial charge in [-0.05, 0) is 31.6 Å². The molecular formula is C13H24N2O4. The minimum absolute atomic E-state index is 0.245. The van der Waals surface area contributed by atoms with Crippen molar-refractivity contribution in [2.75, 3.05) is 13.6 Å². The van der Waals surface area contributed by atoms with Gasteiger partial charge in [-0.1, -0.05) is 13.8 Å². The Morgan fingerprint density at radius 1 is 1.32 bits per heavy atom. The van der Waals surface area contributed by atoms with Crippen molar-refractivity contribution >= 4 is 12.0 Å². The molecule has 0 aliphatic heterocycles. The van der Waals surface area contributed by atoms with Crippen LogP contribution in [-0.2, 0) is 4.79 Å². The maximum absolute atomic E-state index is 12.0. The number of carboxylic acid groups (broad SMARTS) is 1. The number of carboxylic acids is 1. The number of rotatable bonds is 6. The van der Waals surface area contributed by atoms with Crippen molar-refractivity contribution in [1.82, 2.24) is 10.2 Å². The molecular weight excluding hydrogens is 248 g/mol. The summed E-state index contributed by atoms with van der Waals surface area (Å²) in [5.74, 6) is -0.688. The van der Waals surface area contributed by atoms with Gasteiger partial charge in [0.1, 0.15) is 5.54 Å². The molecule has 0 aromatic carbocycles. The predicted molar refractivity (Wildman–Crippen MR) is 70.8 cm³/mol. The van der Waals surface area contributed by atoms with Gasteiger partial charge in [-0.3, -0.25) is 0 Å². The summed E-state index contributed by atoms with van der Waals surface area (Å²) < 4.78 is 0. The first kappa shape index (κ1) is 15.8. The Hall–Kier alpha value is -1.30. The van der Waals surface area contributed by atoms with E-state index in [1.54, 1.807) is 20.9 Å². The van der Waals surface area contributed by atoms with E-state index in [-0.39, 0.29) is 12.1 Å². The van der Waals surface area contributed by atoms with Crippen molar-refractivity contribution in [3.63, 3.8) is 0 Å². The smallest absolute Gasteiger partial charge is 0.329 e. The highest BCUT2D eigenvalue weighted by Gasteiger charge is 2.38. The van der Waals surface area contributed by atoms with Gasteiger partial charge >= 0.3 is 12.0 Å². The molecule has 0 aromatic heterocycles. The van der Waals surface area contributed by atoms with Crippen LogP contribution in [0, 0.1) is 5.92 Å². The van der Waals surface area contributed by atoms with Gasteiger partial charge in [0.15, 0.2) is 0 Å². The fraction of sp³-hybridized carbons (Fsp3) is 0.846. The zero-order valence-electron chi connectivity index (χ0n) is 11.8. The molecule has 0 atom stereocenters. The van der Waals surface area contributed by atoms with Crippen LogP contribution in [0.25, 0.3) is 0 Å². The summed E-state index contributed by atoms with van der Waals surface area (Å²) >= 11 is 0. The number of aliphatic hydroxyl groups is 1. The van der Waals surface area contributed by atoms with Crippen molar-refractivity contribution in [2.45, 2.75) is 51.2 Å². The van der Waals surface area contributed by atoms with E-state index in [1.807, 2.05) is 0 Å². The van der Waals surface area contributed by atoms with E-state index in [2.05, 4.69) is 5.32 Å². The number of nitrogens with one attached hydrogen (secondary N) is 1. The van der Waals surface area contributed by atoms with E-state index in [9.17, 15) is 19.8 Å². The number of hydrogen-bond acceptors (Lipinski definition) is 3. The average molecular weight is 272 g/mol. The van der Waals surface area contributed by atoms with E-state index < -0.39 is 11.5 Å². The number of hydrogen-bond donors (Lipinski definition) is 3. The number of carbonyl (C=O) groups is 2. The summed E-state index contributed by atoms with van der Waals surface area (Å²) in [4.78, 5) is 24.8. The molecule has 0 saturated heterocycles. The molecule has 110 valence electrons. The lowest BCUT2D eigenvalue weighted by Gasteiger charge is -2.36. The van der Waals surface area contributed by atoms with E-state index in [0.717, 1.165) is 0 Å². The average Bonchev–Trinajstić information content (AvgIpc) is 2.33. The highest BCUT2D eigenvalue weighted by Crippen LogP contribution is 2.27. The molecule has 3 N–H and O–H groups in total. The van der Waals surface area contributed by atoms with Gasteiger partial charge in [-0.15, -0.1) is 0 Å². The number of amides is 2. The second-order valence-corrected chi connectivity index (χ2v) is 5.40. The van der Waals surface area contributed by atoms with Crippen LogP contribution < -0.4 is 5.32 Å². The summed E-state index contributed by atoms with van der Waals surface area (Å²) in [5, 5.41) is 21.1. The van der Waals surface area contributed by atoms with Gasteiger partial charge in [0.25, 0.3) is 0 Å². The van der Waals surface area contributed by atoms with E-state index in [1.165, 1.54) is 4.90 Å². The molecule has 6 heteroatoms. The molecule has 1 aliphatic carbocycles. The van der Waals surface area contributed by atoms with Crippen molar-refractivity contribution in [3.05, 3.63) is 0 Å². The third-order valence-electron chi connectivity index (χ3n) is 4.05. The third kappa shape index (κ3) is 3.59. The van der Waals surface area contributed by atoms with Crippen molar-refractivity contribution in [1.29, 1.82) is 0 Å². The zero-order chi connectivity index (χ0) is 14.6. The minimum Gasteiger partial charge on any atom is -0.480 e. The topological polar surface area (TPSA) is 89.9 Å². The third-order valence-corrected chi connectivity index (χ3v) is 4.05. The zero-order valence-corrected chi connectivity index (χ0v) is 11.8. The van der Waals surface area contributed by atoms with Crippen LogP contribution in [0.5, 0.6) is 0 Å². The normalized spacial score (nSPS) is 22.5. The molecule has 2 amide bonds. The minimum atomic E-state index is -1.19. The SMILES string of the molecule is CCC(CC)(NC(=O)N(C)CC1CC(O)C1)C(=O)O. The van der Waals surface area contributed by atoms with Crippen LogP contribution in [0.1, 0.15) is 39.5 Å². The van der Waals surface area contributed by atoms with Gasteiger partial charge in [-0.25, -0.2) is 9.59 Å². The fourth-order valence-corrected chi connectivity index (χ4v) is 2.40. The number of urea groups is 1. The van der Waals surface area contributed by atoms with Crippen LogP contribution in [0.4, 0.5) is 4.79 Å². The standard InChI is InChI=1S/C13H24N2O4/c1-4-13(5-2,11(17)18)14-12(19)15(3)8-9-6-10(16)7-9/h9-10,16H,4-8H2,1-3H3,(H,14,19)(H,17,18). The van der Waals surface area contributed by atoms with Crippen LogP contribution in [0.15, 0.2) is 0 Å². The number of aliphatic hydroxyl groups excluding tert-OH is 1. The molecule has 0 spiro atoms. The maximum Gasteiger partial charge on any atom is 0.329 e. The monoisotopic (exact) mass is 272 g/mol. The van der Waals surface area contributed by atoms with Gasteiger partial charge in [-0.2, -0.15) is 0 Å². The van der Waals surface area contributed by atoms with Crippen molar-refractivity contribution in [2.24, 2.45) is 5.92 Å². The molecule has 1 saturated carbocycles. The Morgan fingerprint density at radius 2 is 1.84 bits per heavy atom. The largest absolute Gasteiger partial charge is 0.480 e. The predicted octanol–water partition coefficient (Wildman–Crippen LogP) is 1.04. The summed E-state index contributed by atoms with van der Waals surface area (Å²) in [5.41, 5.74) is -1.19. The van der Waals surface area contributed by atoms with Gasteiger partial charge in [0, 0.05) is 13.6 Å². The molecule has 0 heterocycles. The summed E-state index contributed by atoms with van der Waals surface area (Å²) in [6.07, 6.45) is 1.87. The molecule has 0 radical (unpaired) electrons. The molecule has 1 aliphatic rings. The van der Waals surface area contributed by atoms with Gasteiger partial charge < -0.3 is 20.4 Å². The van der Waals surface area contributed by atoms with Crippen LogP contribution >= 0.6 is 0 Å². The fourth-order valence-electron chi connectivity index (χ4n) is 2.40. The van der Waals surface area contributed by atoms with Crippen LogP contribution in [0.3, 0.4) is 0 Å². The molecule has 0 unspecified atom stereocenters. The Labute approximate surface area is 113 Å². The van der Waals surface area contributed by atoms with E-state index in [0.29, 0.717) is 38.1 Å². The summed E-state index contributed by atoms with van der Waals surface area (Å²) in [6.45, 7) is 4.05. The number of nitrogens with zero attached hydrogens (tertiary/aromatic N) is 1. The van der Waals surface area contributed by atoms with Gasteiger partial charge in [0.2, 0.25) is 0 Å². The first-order chi connectivity index (χ1) is 8.84. The second kappa shape index (κ2) is 6.23.